The molecule has 0 unspecified atom stereocenters. The van der Waals surface area contributed by atoms with Crippen LogP contribution in [-0.2, 0) is 9.53 Å². The Hall–Kier alpha value is -3.35. The van der Waals surface area contributed by atoms with Gasteiger partial charge in [0.2, 0.25) is 12.1 Å². The van der Waals surface area contributed by atoms with E-state index >= 15 is 0 Å². The molecule has 0 spiro atoms. The van der Waals surface area contributed by atoms with Gasteiger partial charge in [-0.1, -0.05) is 12.1 Å². The average molecular weight is 364 g/mol. The highest BCUT2D eigenvalue weighted by Gasteiger charge is 2.35. The van der Waals surface area contributed by atoms with E-state index in [2.05, 4.69) is 10.1 Å². The molecule has 1 aliphatic heterocycles. The van der Waals surface area contributed by atoms with Gasteiger partial charge in [-0.05, 0) is 43.7 Å². The number of carbonyl (C=O) groups is 1. The average Bonchev–Trinajstić information content (AvgIpc) is 3.21. The lowest BCUT2D eigenvalue weighted by Crippen LogP contribution is -2.25. The van der Waals surface area contributed by atoms with Crippen LogP contribution in [0.5, 0.6) is 5.75 Å². The number of benzene rings is 1. The summed E-state index contributed by atoms with van der Waals surface area (Å²) in [6, 6.07) is 11.4. The number of pyridine rings is 1. The molecule has 7 heteroatoms. The Kier molecular flexibility index (Phi) is 4.07. The van der Waals surface area contributed by atoms with Crippen LogP contribution in [-0.4, -0.2) is 33.3 Å². The maximum Gasteiger partial charge on any atom is 0.260 e. The van der Waals surface area contributed by atoms with Gasteiger partial charge in [0.1, 0.15) is 17.1 Å². The molecule has 2 aromatic heterocycles. The van der Waals surface area contributed by atoms with Gasteiger partial charge < -0.3 is 9.47 Å². The number of rotatable bonds is 3. The molecule has 0 saturated carbocycles. The molecule has 138 valence electrons. The molecule has 4 rings (SSSR count). The van der Waals surface area contributed by atoms with Crippen molar-refractivity contribution in [2.75, 3.05) is 7.11 Å². The van der Waals surface area contributed by atoms with E-state index < -0.39 is 6.23 Å². The van der Waals surface area contributed by atoms with Gasteiger partial charge in [0.25, 0.3) is 5.90 Å². The molecular weight excluding hydrogens is 344 g/mol. The Morgan fingerprint density at radius 3 is 2.78 bits per heavy atom. The van der Waals surface area contributed by atoms with E-state index in [9.17, 15) is 4.79 Å². The van der Waals surface area contributed by atoms with Gasteiger partial charge in [-0.3, -0.25) is 9.20 Å². The molecule has 3 aromatic rings. The van der Waals surface area contributed by atoms with E-state index in [0.717, 1.165) is 28.2 Å². The number of hydrogen-bond acceptors (Lipinski definition) is 5. The Morgan fingerprint density at radius 2 is 2.04 bits per heavy atom. The normalized spacial score (nSPS) is 16.4. The molecule has 1 amide bonds. The van der Waals surface area contributed by atoms with Crippen molar-refractivity contribution in [2.45, 2.75) is 27.0 Å². The summed E-state index contributed by atoms with van der Waals surface area (Å²) >= 11 is 0. The van der Waals surface area contributed by atoms with E-state index in [-0.39, 0.29) is 5.91 Å². The standard InChI is InChI=1S/C20H20N4O3/c1-12-8-9-23-17(10-12)21-13(2)18(23)19-22-24(14(3)25)20(27-19)15-6-5-7-16(11-15)26-4/h5-11,20H,1-4H3/t20-/m0/s1. The van der Waals surface area contributed by atoms with Crippen LogP contribution >= 0.6 is 0 Å². The van der Waals surface area contributed by atoms with E-state index in [1.807, 2.05) is 60.8 Å². The summed E-state index contributed by atoms with van der Waals surface area (Å²) < 4.78 is 13.3. The minimum atomic E-state index is -0.650. The first kappa shape index (κ1) is 17.1. The van der Waals surface area contributed by atoms with Gasteiger partial charge in [0.05, 0.1) is 12.8 Å². The van der Waals surface area contributed by atoms with Crippen molar-refractivity contribution in [2.24, 2.45) is 5.10 Å². The summed E-state index contributed by atoms with van der Waals surface area (Å²) in [5.41, 5.74) is 4.24. The van der Waals surface area contributed by atoms with Gasteiger partial charge in [-0.2, -0.15) is 5.01 Å². The predicted molar refractivity (Wildman–Crippen MR) is 101 cm³/mol. The predicted octanol–water partition coefficient (Wildman–Crippen LogP) is 3.20. The van der Waals surface area contributed by atoms with Crippen molar-refractivity contribution in [3.8, 4) is 5.75 Å². The van der Waals surface area contributed by atoms with E-state index in [0.29, 0.717) is 11.6 Å². The molecule has 0 radical (unpaired) electrons. The fraction of sp³-hybridized carbons (Fsp3) is 0.250. The van der Waals surface area contributed by atoms with Gasteiger partial charge in [-0.25, -0.2) is 4.98 Å². The molecule has 7 nitrogen and oxygen atoms in total. The molecule has 0 fully saturated rings. The zero-order chi connectivity index (χ0) is 19.1. The number of amides is 1. The van der Waals surface area contributed by atoms with Crippen LogP contribution in [0.25, 0.3) is 5.65 Å². The van der Waals surface area contributed by atoms with Crippen LogP contribution in [0.15, 0.2) is 47.7 Å². The van der Waals surface area contributed by atoms with Crippen LogP contribution < -0.4 is 4.74 Å². The second-order valence-electron chi connectivity index (χ2n) is 6.49. The fourth-order valence-electron chi connectivity index (χ4n) is 3.19. The molecule has 1 aromatic carbocycles. The topological polar surface area (TPSA) is 68.4 Å². The first-order chi connectivity index (χ1) is 13.0. The number of hydrazone groups is 1. The van der Waals surface area contributed by atoms with E-state index in [4.69, 9.17) is 9.47 Å². The molecule has 0 saturated heterocycles. The Labute approximate surface area is 156 Å². The first-order valence-electron chi connectivity index (χ1n) is 8.62. The Bertz CT molecular complexity index is 1070. The largest absolute Gasteiger partial charge is 0.497 e. The summed E-state index contributed by atoms with van der Waals surface area (Å²) in [5, 5.41) is 5.80. The summed E-state index contributed by atoms with van der Waals surface area (Å²) in [6.07, 6.45) is 1.28. The van der Waals surface area contributed by atoms with Crippen LogP contribution in [0, 0.1) is 13.8 Å². The van der Waals surface area contributed by atoms with Crippen LogP contribution in [0.3, 0.4) is 0 Å². The molecule has 0 aliphatic carbocycles. The molecule has 0 N–H and O–H groups in total. The number of nitrogens with zero attached hydrogens (tertiary/aromatic N) is 4. The summed E-state index contributed by atoms with van der Waals surface area (Å²) in [6.45, 7) is 5.39. The SMILES string of the molecule is COc1cccc([C@@H]2OC(c3c(C)nc4cc(C)ccn34)=NN2C(C)=O)c1. The highest BCUT2D eigenvalue weighted by molar-refractivity contribution is 5.96. The molecule has 3 heterocycles. The molecule has 1 aliphatic rings. The zero-order valence-electron chi connectivity index (χ0n) is 15.6. The van der Waals surface area contributed by atoms with Crippen molar-refractivity contribution in [3.05, 3.63) is 65.1 Å². The number of methoxy groups -OCH3 is 1. The lowest BCUT2D eigenvalue weighted by Gasteiger charge is -2.19. The van der Waals surface area contributed by atoms with Crippen molar-refractivity contribution >= 4 is 17.5 Å². The minimum absolute atomic E-state index is 0.208. The maximum absolute atomic E-state index is 12.2. The van der Waals surface area contributed by atoms with Gasteiger partial charge in [-0.15, -0.1) is 5.10 Å². The second kappa shape index (κ2) is 6.42. The van der Waals surface area contributed by atoms with Crippen molar-refractivity contribution in [1.82, 2.24) is 14.4 Å². The third kappa shape index (κ3) is 2.91. The third-order valence-electron chi connectivity index (χ3n) is 4.50. The number of imidazole rings is 1. The minimum Gasteiger partial charge on any atom is -0.497 e. The van der Waals surface area contributed by atoms with Crippen molar-refractivity contribution in [1.29, 1.82) is 0 Å². The number of aromatic nitrogens is 2. The quantitative estimate of drug-likeness (QED) is 0.716. The maximum atomic E-state index is 12.2. The summed E-state index contributed by atoms with van der Waals surface area (Å²) in [5.74, 6) is 0.849. The molecular formula is C20H20N4O3. The van der Waals surface area contributed by atoms with Crippen molar-refractivity contribution in [3.63, 3.8) is 0 Å². The van der Waals surface area contributed by atoms with Crippen LogP contribution in [0.1, 0.15) is 35.7 Å². The van der Waals surface area contributed by atoms with Gasteiger partial charge in [0.15, 0.2) is 0 Å². The number of aryl methyl sites for hydroxylation is 2. The fourth-order valence-corrected chi connectivity index (χ4v) is 3.19. The summed E-state index contributed by atoms with van der Waals surface area (Å²) in [4.78, 5) is 16.8. The highest BCUT2D eigenvalue weighted by atomic mass is 16.5. The zero-order valence-corrected chi connectivity index (χ0v) is 15.6. The van der Waals surface area contributed by atoms with E-state index in [1.54, 1.807) is 7.11 Å². The lowest BCUT2D eigenvalue weighted by molar-refractivity contribution is -0.135. The first-order valence-corrected chi connectivity index (χ1v) is 8.62. The second-order valence-corrected chi connectivity index (χ2v) is 6.49. The smallest absolute Gasteiger partial charge is 0.260 e. The van der Waals surface area contributed by atoms with Crippen LogP contribution in [0.4, 0.5) is 0 Å². The number of ether oxygens (including phenoxy) is 2. The highest BCUT2D eigenvalue weighted by Crippen LogP contribution is 2.32. The Morgan fingerprint density at radius 1 is 1.22 bits per heavy atom. The van der Waals surface area contributed by atoms with E-state index in [1.165, 1.54) is 11.9 Å². The molecule has 0 bridgehead atoms. The molecule has 1 atom stereocenters. The third-order valence-corrected chi connectivity index (χ3v) is 4.50. The number of carbonyl (C=O) groups excluding carboxylic acids is 1. The Balaban J connectivity index is 1.78. The van der Waals surface area contributed by atoms with Gasteiger partial charge in [0, 0.05) is 18.7 Å². The summed E-state index contributed by atoms with van der Waals surface area (Å²) in [7, 11) is 1.60. The molecule has 27 heavy (non-hydrogen) atoms. The van der Waals surface area contributed by atoms with Crippen LogP contribution in [0.2, 0.25) is 0 Å². The number of fused-ring (bicyclic) bond motifs is 1. The monoisotopic (exact) mass is 364 g/mol. The van der Waals surface area contributed by atoms with Gasteiger partial charge >= 0.3 is 0 Å². The number of hydrogen-bond donors (Lipinski definition) is 0. The lowest BCUT2D eigenvalue weighted by atomic mass is 10.2. The van der Waals surface area contributed by atoms with Crippen molar-refractivity contribution < 1.29 is 14.3 Å².